The van der Waals surface area contributed by atoms with Crippen LogP contribution in [-0.4, -0.2) is 34.1 Å². The van der Waals surface area contributed by atoms with E-state index in [9.17, 15) is 18.8 Å². The predicted molar refractivity (Wildman–Crippen MR) is 145 cm³/mol. The van der Waals surface area contributed by atoms with E-state index in [4.69, 9.17) is 10.1 Å². The molecule has 2 amide bonds. The molecule has 1 aliphatic heterocycles. The number of carbonyl (C=O) groups is 2. The van der Waals surface area contributed by atoms with Gasteiger partial charge in [-0.05, 0) is 55.0 Å². The number of ether oxygens (including phenoxy) is 1. The molecule has 0 unspecified atom stereocenters. The molecule has 0 bridgehead atoms. The van der Waals surface area contributed by atoms with Gasteiger partial charge >= 0.3 is 0 Å². The van der Waals surface area contributed by atoms with Crippen LogP contribution in [-0.2, 0) is 11.2 Å². The van der Waals surface area contributed by atoms with Gasteiger partial charge in [0.25, 0.3) is 11.5 Å². The predicted octanol–water partition coefficient (Wildman–Crippen LogP) is 4.87. The summed E-state index contributed by atoms with van der Waals surface area (Å²) in [5.74, 6) is -2.01. The average Bonchev–Trinajstić information content (AvgIpc) is 3.37. The van der Waals surface area contributed by atoms with Gasteiger partial charge in [0.15, 0.2) is 17.3 Å². The van der Waals surface area contributed by atoms with E-state index in [0.29, 0.717) is 30.0 Å². The molecule has 0 spiro atoms. The van der Waals surface area contributed by atoms with E-state index in [2.05, 4.69) is 10.3 Å². The second-order valence-electron chi connectivity index (χ2n) is 8.97. The summed E-state index contributed by atoms with van der Waals surface area (Å²) in [6, 6.07) is 13.4. The smallest absolute Gasteiger partial charge is 0.267 e. The van der Waals surface area contributed by atoms with Crippen LogP contribution in [0.3, 0.4) is 0 Å². The molecule has 0 aliphatic carbocycles. The van der Waals surface area contributed by atoms with E-state index >= 15 is 4.39 Å². The number of nitrogens with one attached hydrogen (secondary N) is 2. The number of nitrogens with zero attached hydrogens (tertiary/aromatic N) is 3. The Kier molecular flexibility index (Phi) is 7.45. The summed E-state index contributed by atoms with van der Waals surface area (Å²) in [4.78, 5) is 43.8. The molecule has 3 heterocycles. The van der Waals surface area contributed by atoms with E-state index in [1.165, 1.54) is 65.5 Å². The molecule has 2 N–H and O–H groups in total. The van der Waals surface area contributed by atoms with Crippen LogP contribution in [0.25, 0.3) is 5.69 Å². The second kappa shape index (κ2) is 11.3. The Bertz CT molecular complexity index is 1670. The number of pyridine rings is 2. The molecule has 40 heavy (non-hydrogen) atoms. The molecule has 9 nitrogen and oxygen atoms in total. The third-order valence-corrected chi connectivity index (χ3v) is 6.30. The van der Waals surface area contributed by atoms with Gasteiger partial charge in [-0.2, -0.15) is 0 Å². The lowest BCUT2D eigenvalue weighted by Gasteiger charge is -2.18. The number of benzene rings is 2. The highest BCUT2D eigenvalue weighted by Crippen LogP contribution is 2.32. The molecule has 0 radical (unpaired) electrons. The molecule has 5 rings (SSSR count). The molecule has 0 saturated carbocycles. The van der Waals surface area contributed by atoms with Crippen LogP contribution < -0.4 is 20.5 Å². The van der Waals surface area contributed by atoms with Crippen LogP contribution in [0.15, 0.2) is 77.9 Å². The summed E-state index contributed by atoms with van der Waals surface area (Å²) in [5, 5.41) is 9.93. The van der Waals surface area contributed by atoms with Gasteiger partial charge in [0.2, 0.25) is 5.91 Å². The number of aromatic nitrogens is 2. The lowest BCUT2D eigenvalue weighted by Crippen LogP contribution is -2.27. The van der Waals surface area contributed by atoms with Crippen molar-refractivity contribution in [3.8, 4) is 17.2 Å². The fraction of sp³-hybridized carbons (Fsp3) is 0.138. The van der Waals surface area contributed by atoms with Crippen molar-refractivity contribution >= 4 is 29.4 Å². The lowest BCUT2D eigenvalue weighted by atomic mass is 10.2. The van der Waals surface area contributed by atoms with Crippen molar-refractivity contribution in [1.82, 2.24) is 9.55 Å². The fourth-order valence-corrected chi connectivity index (χ4v) is 4.32. The molecule has 1 aliphatic rings. The first-order valence-corrected chi connectivity index (χ1v) is 12.4. The van der Waals surface area contributed by atoms with Crippen LogP contribution in [0.2, 0.25) is 0 Å². The lowest BCUT2D eigenvalue weighted by molar-refractivity contribution is -0.117. The summed E-state index contributed by atoms with van der Waals surface area (Å²) >= 11 is 0. The number of carbonyl (C=O) groups excluding carboxylic acids is 2. The Balaban J connectivity index is 1.36. The zero-order valence-electron chi connectivity index (χ0n) is 21.1. The van der Waals surface area contributed by atoms with E-state index in [1.807, 2.05) is 0 Å². The van der Waals surface area contributed by atoms with E-state index < -0.39 is 23.1 Å². The highest BCUT2D eigenvalue weighted by atomic mass is 19.1. The SMILES string of the molecule is N=CCc1ncc(N2CCCC2=O)cc1Oc1ccc(NC(=O)c2cccn(-c3ccc(F)cc3)c2=O)cc1F. The van der Waals surface area contributed by atoms with Gasteiger partial charge in [-0.15, -0.1) is 0 Å². The first-order valence-electron chi connectivity index (χ1n) is 12.4. The molecule has 1 saturated heterocycles. The molecule has 2 aromatic carbocycles. The van der Waals surface area contributed by atoms with Gasteiger partial charge in [0, 0.05) is 55.3 Å². The Labute approximate surface area is 227 Å². The van der Waals surface area contributed by atoms with Crippen molar-refractivity contribution in [1.29, 1.82) is 5.41 Å². The molecular weight excluding hydrogens is 520 g/mol. The Hall–Kier alpha value is -5.19. The van der Waals surface area contributed by atoms with Crippen LogP contribution in [0.1, 0.15) is 28.9 Å². The van der Waals surface area contributed by atoms with Crippen molar-refractivity contribution in [2.75, 3.05) is 16.8 Å². The zero-order chi connectivity index (χ0) is 28.2. The number of hydrogen-bond donors (Lipinski definition) is 2. The summed E-state index contributed by atoms with van der Waals surface area (Å²) < 4.78 is 35.3. The number of amides is 2. The Morgan fingerprint density at radius 1 is 1.05 bits per heavy atom. The van der Waals surface area contributed by atoms with E-state index in [0.717, 1.165) is 18.7 Å². The maximum atomic E-state index is 15.1. The first-order chi connectivity index (χ1) is 19.3. The van der Waals surface area contributed by atoms with Gasteiger partial charge in [-0.3, -0.25) is 23.9 Å². The largest absolute Gasteiger partial charge is 0.452 e. The third kappa shape index (κ3) is 5.48. The van der Waals surface area contributed by atoms with Gasteiger partial charge in [0.1, 0.15) is 11.4 Å². The van der Waals surface area contributed by atoms with Crippen LogP contribution in [0.5, 0.6) is 11.5 Å². The molecular formula is C29H23F2N5O4. The molecule has 1 fully saturated rings. The molecule has 202 valence electrons. The zero-order valence-corrected chi connectivity index (χ0v) is 21.1. The highest BCUT2D eigenvalue weighted by molar-refractivity contribution is 6.04. The van der Waals surface area contributed by atoms with E-state index in [1.54, 1.807) is 11.0 Å². The van der Waals surface area contributed by atoms with Crippen molar-refractivity contribution in [2.45, 2.75) is 19.3 Å². The van der Waals surface area contributed by atoms with Crippen molar-refractivity contribution in [2.24, 2.45) is 0 Å². The van der Waals surface area contributed by atoms with Gasteiger partial charge in [-0.1, -0.05) is 0 Å². The first kappa shape index (κ1) is 26.4. The quantitative estimate of drug-likeness (QED) is 0.308. The number of anilines is 2. The maximum Gasteiger partial charge on any atom is 0.267 e. The van der Waals surface area contributed by atoms with Gasteiger partial charge < -0.3 is 20.4 Å². The van der Waals surface area contributed by atoms with Crippen molar-refractivity contribution < 1.29 is 23.1 Å². The molecule has 11 heteroatoms. The molecule has 0 atom stereocenters. The summed E-state index contributed by atoms with van der Waals surface area (Å²) in [6.45, 7) is 0.545. The maximum absolute atomic E-state index is 15.1. The topological polar surface area (TPSA) is 117 Å². The van der Waals surface area contributed by atoms with Crippen molar-refractivity contribution in [3.05, 3.63) is 106 Å². The van der Waals surface area contributed by atoms with Crippen LogP contribution >= 0.6 is 0 Å². The standard InChI is InChI=1S/C29H23F2N5O4/c30-18-5-8-20(9-6-18)36-14-1-3-22(29(36)39)28(38)34-19-7-10-25(23(31)15-19)40-26-16-21(17-33-24(26)11-12-32)35-13-2-4-27(35)37/h1,3,5-10,12,14-17,32H,2,4,11,13H2,(H,34,38). The second-order valence-corrected chi connectivity index (χ2v) is 8.97. The number of hydrogen-bond acceptors (Lipinski definition) is 6. The summed E-state index contributed by atoms with van der Waals surface area (Å²) in [5.41, 5.74) is 0.551. The summed E-state index contributed by atoms with van der Waals surface area (Å²) in [7, 11) is 0. The van der Waals surface area contributed by atoms with Gasteiger partial charge in [-0.25, -0.2) is 8.78 Å². The Morgan fingerprint density at radius 2 is 1.85 bits per heavy atom. The van der Waals surface area contributed by atoms with Crippen molar-refractivity contribution in [3.63, 3.8) is 0 Å². The fourth-order valence-electron chi connectivity index (χ4n) is 4.32. The summed E-state index contributed by atoms with van der Waals surface area (Å²) in [6.07, 6.45) is 5.42. The molecule has 4 aromatic rings. The average molecular weight is 544 g/mol. The minimum atomic E-state index is -0.793. The number of rotatable bonds is 8. The normalized spacial score (nSPS) is 12.8. The third-order valence-electron chi connectivity index (χ3n) is 6.30. The molecule has 2 aromatic heterocycles. The van der Waals surface area contributed by atoms with E-state index in [-0.39, 0.29) is 35.1 Å². The highest BCUT2D eigenvalue weighted by Gasteiger charge is 2.23. The van der Waals surface area contributed by atoms with Crippen LogP contribution in [0, 0.1) is 17.0 Å². The van der Waals surface area contributed by atoms with Gasteiger partial charge in [0.05, 0.1) is 17.6 Å². The minimum absolute atomic E-state index is 0.0401. The monoisotopic (exact) mass is 543 g/mol. The Morgan fingerprint density at radius 3 is 2.55 bits per heavy atom. The minimum Gasteiger partial charge on any atom is -0.452 e. The number of halogens is 2. The van der Waals surface area contributed by atoms with Crippen LogP contribution in [0.4, 0.5) is 20.2 Å².